The monoisotopic (exact) mass is 574 g/mol. The molecule has 0 fully saturated rings. The number of rotatable bonds is 3. The summed E-state index contributed by atoms with van der Waals surface area (Å²) >= 11 is -2.18. The van der Waals surface area contributed by atoms with Gasteiger partial charge in [-0.1, -0.05) is 0 Å². The topological polar surface area (TPSA) is 0 Å². The van der Waals surface area contributed by atoms with Crippen LogP contribution in [0.25, 0.3) is 16.7 Å². The van der Waals surface area contributed by atoms with Gasteiger partial charge in [-0.15, -0.1) is 0 Å². The zero-order chi connectivity index (χ0) is 21.7. The molecule has 168 valence electrons. The molecule has 34 heavy (non-hydrogen) atoms. The van der Waals surface area contributed by atoms with Gasteiger partial charge in [-0.05, 0) is 0 Å². The van der Waals surface area contributed by atoms with E-state index in [-0.39, 0.29) is 24.8 Å². The van der Waals surface area contributed by atoms with E-state index in [1.54, 1.807) is 21.9 Å². The normalized spacial score (nSPS) is 15.8. The summed E-state index contributed by atoms with van der Waals surface area (Å²) in [5.41, 5.74) is 10.0. The Hall–Kier alpha value is -1.70. The van der Waals surface area contributed by atoms with Crippen LogP contribution in [0.3, 0.4) is 0 Å². The van der Waals surface area contributed by atoms with Crippen molar-refractivity contribution in [3.8, 4) is 11.1 Å². The van der Waals surface area contributed by atoms with Gasteiger partial charge in [-0.25, -0.2) is 0 Å². The molecule has 1 atom stereocenters. The predicted octanol–water partition coefficient (Wildman–Crippen LogP) is 1.07. The van der Waals surface area contributed by atoms with Gasteiger partial charge in [-0.3, -0.25) is 0 Å². The summed E-state index contributed by atoms with van der Waals surface area (Å²) in [6.45, 7) is 4.95. The Labute approximate surface area is 223 Å². The summed E-state index contributed by atoms with van der Waals surface area (Å²) < 4.78 is 1.25. The Morgan fingerprint density at radius 2 is 1.06 bits per heavy atom. The van der Waals surface area contributed by atoms with Crippen LogP contribution in [0.15, 0.2) is 109 Å². The second-order valence-electron chi connectivity index (χ2n) is 8.97. The van der Waals surface area contributed by atoms with Gasteiger partial charge in [0.2, 0.25) is 0 Å². The third-order valence-electron chi connectivity index (χ3n) is 7.26. The molecule has 0 saturated heterocycles. The number of allylic oxidation sites excluding steroid dienone is 2. The molecular formula is C30H26Cl2SiZr. The average molecular weight is 577 g/mol. The number of fused-ring (bicyclic) bond motifs is 4. The summed E-state index contributed by atoms with van der Waals surface area (Å²) in [5, 5.41) is 1.61. The van der Waals surface area contributed by atoms with Gasteiger partial charge in [0.25, 0.3) is 0 Å². The van der Waals surface area contributed by atoms with E-state index in [9.17, 15) is 0 Å². The van der Waals surface area contributed by atoms with Gasteiger partial charge in [0.15, 0.2) is 0 Å². The molecular weight excluding hydrogens is 551 g/mol. The molecule has 0 heterocycles. The van der Waals surface area contributed by atoms with E-state index in [1.165, 1.54) is 22.3 Å². The fraction of sp³-hybridized carbons (Fsp3) is 0.133. The van der Waals surface area contributed by atoms with E-state index in [0.29, 0.717) is 7.25 Å². The van der Waals surface area contributed by atoms with Gasteiger partial charge >= 0.3 is 200 Å². The van der Waals surface area contributed by atoms with E-state index in [4.69, 9.17) is 0 Å². The summed E-state index contributed by atoms with van der Waals surface area (Å²) in [4.78, 5) is 0. The maximum absolute atomic E-state index is 2.65. The Balaban J connectivity index is 0.00000137. The first-order valence-corrected chi connectivity index (χ1v) is 20.0. The minimum atomic E-state index is -2.18. The maximum atomic E-state index is 2.65. The molecule has 2 aliphatic rings. The number of hydrogen-bond acceptors (Lipinski definition) is 0. The molecule has 0 N–H and O–H groups in total. The molecule has 4 heteroatoms. The van der Waals surface area contributed by atoms with Crippen LogP contribution in [-0.4, -0.2) is 5.43 Å². The second-order valence-corrected chi connectivity index (χ2v) is 24.9. The van der Waals surface area contributed by atoms with Crippen LogP contribution in [0.5, 0.6) is 0 Å². The molecule has 0 spiro atoms. The number of halogens is 2. The number of benzene rings is 4. The molecule has 0 amide bonds. The van der Waals surface area contributed by atoms with E-state index in [0.717, 1.165) is 0 Å². The standard InChI is InChI=1S/C13H9.C10H9.C7H8Si.2ClH.Zr/c1-3-7-12-10(5-1)9-11-6-2-4-8-13(11)12;1-8-6-7-9-4-2-3-5-10(8)9;1-8-7-5-3-2-4-6-7;;;/h1-9H;2-7H,1H3;2-6H,1H3;2*1H;/q;;;;;+2/p-2. The Morgan fingerprint density at radius 3 is 1.65 bits per heavy atom. The summed E-state index contributed by atoms with van der Waals surface area (Å²) in [5.74, 6) is 0. The second kappa shape index (κ2) is 10.5. The third kappa shape index (κ3) is 4.14. The minimum absolute atomic E-state index is 0. The van der Waals surface area contributed by atoms with Crippen molar-refractivity contribution in [2.24, 2.45) is 0 Å². The van der Waals surface area contributed by atoms with Crippen LogP contribution >= 0.6 is 0 Å². The molecule has 0 saturated carbocycles. The molecule has 6 rings (SSSR count). The SMILES string of the molecule is CC1=C[CH](/[Zr+2]([CH]2c3ccccc3-c3ccccc32)=[Si](\C)c2ccccc2)c2ccccc21.[Cl-].[Cl-]. The van der Waals surface area contributed by atoms with Crippen LogP contribution in [0.2, 0.25) is 6.55 Å². The van der Waals surface area contributed by atoms with Crippen LogP contribution in [-0.2, 0) is 20.4 Å². The van der Waals surface area contributed by atoms with Crippen LogP contribution < -0.4 is 30.0 Å². The minimum Gasteiger partial charge on any atom is -1.00 e. The molecule has 0 aliphatic heterocycles. The van der Waals surface area contributed by atoms with Crippen molar-refractivity contribution < 1.29 is 45.2 Å². The number of hydrogen-bond donors (Lipinski definition) is 0. The summed E-state index contributed by atoms with van der Waals surface area (Å²) in [6.07, 6.45) is 2.65. The van der Waals surface area contributed by atoms with Crippen LogP contribution in [0.4, 0.5) is 0 Å². The molecule has 4 aromatic rings. The quantitative estimate of drug-likeness (QED) is 0.321. The fourth-order valence-corrected chi connectivity index (χ4v) is 27.6. The van der Waals surface area contributed by atoms with E-state index in [1.807, 2.05) is 0 Å². The first kappa shape index (κ1) is 25.4. The van der Waals surface area contributed by atoms with Gasteiger partial charge in [-0.2, -0.15) is 0 Å². The smallest absolute Gasteiger partial charge is 1.00 e. The fourth-order valence-electron chi connectivity index (χ4n) is 5.79. The van der Waals surface area contributed by atoms with Crippen LogP contribution in [0, 0.1) is 0 Å². The van der Waals surface area contributed by atoms with Gasteiger partial charge in [0, 0.05) is 0 Å². The first-order valence-electron chi connectivity index (χ1n) is 11.5. The molecule has 2 aliphatic carbocycles. The van der Waals surface area contributed by atoms with Crippen molar-refractivity contribution in [2.45, 2.75) is 20.7 Å². The van der Waals surface area contributed by atoms with Crippen molar-refractivity contribution in [2.75, 3.05) is 0 Å². The van der Waals surface area contributed by atoms with Crippen molar-refractivity contribution in [1.29, 1.82) is 0 Å². The zero-order valence-electron chi connectivity index (χ0n) is 19.3. The van der Waals surface area contributed by atoms with Crippen molar-refractivity contribution in [3.05, 3.63) is 131 Å². The van der Waals surface area contributed by atoms with Crippen LogP contribution in [0.1, 0.15) is 36.4 Å². The van der Waals surface area contributed by atoms with E-state index in [2.05, 4.69) is 123 Å². The molecule has 0 aromatic heterocycles. The zero-order valence-corrected chi connectivity index (χ0v) is 24.3. The molecule has 0 radical (unpaired) electrons. The average Bonchev–Trinajstić information content (AvgIpc) is 3.36. The van der Waals surface area contributed by atoms with Crippen molar-refractivity contribution in [3.63, 3.8) is 0 Å². The van der Waals surface area contributed by atoms with Gasteiger partial charge in [0.1, 0.15) is 0 Å². The largest absolute Gasteiger partial charge is 1.00 e. The van der Waals surface area contributed by atoms with Gasteiger partial charge in [0.05, 0.1) is 0 Å². The summed E-state index contributed by atoms with van der Waals surface area (Å²) in [6, 6.07) is 39.2. The maximum Gasteiger partial charge on any atom is -1.00 e. The summed E-state index contributed by atoms with van der Waals surface area (Å²) in [7, 11) is 0. The molecule has 4 aromatic carbocycles. The molecule has 0 nitrogen and oxygen atoms in total. The molecule has 1 unspecified atom stereocenters. The Bertz CT molecular complexity index is 1360. The van der Waals surface area contributed by atoms with Crippen molar-refractivity contribution >= 4 is 16.2 Å². The van der Waals surface area contributed by atoms with Gasteiger partial charge < -0.3 is 24.8 Å². The van der Waals surface area contributed by atoms with Crippen molar-refractivity contribution in [1.82, 2.24) is 0 Å². The predicted molar refractivity (Wildman–Crippen MR) is 134 cm³/mol. The Morgan fingerprint density at radius 1 is 0.588 bits per heavy atom. The Kier molecular flexibility index (Phi) is 7.85. The first-order chi connectivity index (χ1) is 15.7. The molecule has 0 bridgehead atoms. The van der Waals surface area contributed by atoms with E-state index < -0.39 is 25.8 Å². The van der Waals surface area contributed by atoms with E-state index >= 15 is 0 Å². The third-order valence-corrected chi connectivity index (χ3v) is 27.3.